The lowest BCUT2D eigenvalue weighted by molar-refractivity contribution is 0.578. The van der Waals surface area contributed by atoms with Gasteiger partial charge in [-0.2, -0.15) is 4.99 Å². The molecule has 136 valence electrons. The molecule has 11 heteroatoms. The van der Waals surface area contributed by atoms with Gasteiger partial charge in [-0.25, -0.2) is 4.98 Å². The van der Waals surface area contributed by atoms with Gasteiger partial charge in [0.15, 0.2) is 5.84 Å². The molecule has 0 amide bonds. The molecular weight excluding hydrogens is 502 g/mol. The van der Waals surface area contributed by atoms with Crippen LogP contribution in [0.5, 0.6) is 0 Å². The Hall–Kier alpha value is -1.30. The Morgan fingerprint density at radius 3 is 2.35 bits per heavy atom. The van der Waals surface area contributed by atoms with Crippen LogP contribution >= 0.6 is 54.7 Å². The van der Waals surface area contributed by atoms with E-state index in [1.165, 1.54) is 22.9 Å². The maximum atomic E-state index is 4.68. The second-order valence-corrected chi connectivity index (χ2v) is 9.75. The molecule has 0 unspecified atom stereocenters. The lowest BCUT2D eigenvalue weighted by Crippen LogP contribution is -2.13. The van der Waals surface area contributed by atoms with Crippen molar-refractivity contribution < 1.29 is 0 Å². The first-order valence-corrected chi connectivity index (χ1v) is 10.7. The summed E-state index contributed by atoms with van der Waals surface area (Å²) in [6.07, 6.45) is 0. The Morgan fingerprint density at radius 2 is 1.81 bits per heavy atom. The van der Waals surface area contributed by atoms with Crippen molar-refractivity contribution in [2.75, 3.05) is 5.32 Å². The van der Waals surface area contributed by atoms with E-state index in [-0.39, 0.29) is 5.41 Å². The maximum Gasteiger partial charge on any atom is 0.233 e. The highest BCUT2D eigenvalue weighted by Gasteiger charge is 2.20. The molecule has 3 rings (SSSR count). The molecule has 26 heavy (non-hydrogen) atoms. The number of aryl methyl sites for hydroxylation is 1. The normalized spacial score (nSPS) is 12.5. The van der Waals surface area contributed by atoms with Crippen LogP contribution in [0.2, 0.25) is 0 Å². The number of amidine groups is 1. The van der Waals surface area contributed by atoms with Crippen LogP contribution in [0.3, 0.4) is 0 Å². The number of nitrogens with zero attached hydrogens (tertiary/aromatic N) is 6. The largest absolute Gasteiger partial charge is 0.339 e. The predicted octanol–water partition coefficient (Wildman–Crippen LogP) is 5.11. The molecule has 0 spiro atoms. The number of pyridine rings is 1. The summed E-state index contributed by atoms with van der Waals surface area (Å²) in [7, 11) is 0. The minimum Gasteiger partial charge on any atom is -0.339 e. The standard InChI is InChI=1S/C15H15Br2N7S2/c1-7-11(26-24-21-7)12(18-8-5-9(16)19-10(17)6-8)20-14-23-22-13(25-14)15(2,3)4/h5-6H,1-4H3,(H,18,19,20,23). The molecule has 0 radical (unpaired) electrons. The lowest BCUT2D eigenvalue weighted by Gasteiger charge is -2.12. The van der Waals surface area contributed by atoms with E-state index in [4.69, 9.17) is 0 Å². The van der Waals surface area contributed by atoms with Gasteiger partial charge in [0.2, 0.25) is 5.13 Å². The number of halogens is 2. The van der Waals surface area contributed by atoms with Crippen LogP contribution in [0.1, 0.15) is 36.3 Å². The number of hydrogen-bond acceptors (Lipinski definition) is 8. The third-order valence-electron chi connectivity index (χ3n) is 3.16. The molecule has 1 N–H and O–H groups in total. The van der Waals surface area contributed by atoms with Gasteiger partial charge in [-0.15, -0.1) is 15.3 Å². The fourth-order valence-electron chi connectivity index (χ4n) is 1.92. The van der Waals surface area contributed by atoms with E-state index < -0.39 is 0 Å². The first kappa shape index (κ1) is 19.5. The molecule has 3 heterocycles. The minimum atomic E-state index is -0.0676. The van der Waals surface area contributed by atoms with E-state index in [1.54, 1.807) is 0 Å². The summed E-state index contributed by atoms with van der Waals surface area (Å²) < 4.78 is 5.43. The zero-order valence-electron chi connectivity index (χ0n) is 14.4. The molecule has 0 aliphatic heterocycles. The summed E-state index contributed by atoms with van der Waals surface area (Å²) in [5.41, 5.74) is 1.56. The van der Waals surface area contributed by atoms with Crippen LogP contribution in [-0.4, -0.2) is 30.6 Å². The van der Waals surface area contributed by atoms with Crippen molar-refractivity contribution in [1.82, 2.24) is 24.8 Å². The van der Waals surface area contributed by atoms with Crippen molar-refractivity contribution in [2.24, 2.45) is 4.99 Å². The van der Waals surface area contributed by atoms with Gasteiger partial charge in [0.25, 0.3) is 0 Å². The first-order chi connectivity index (χ1) is 12.2. The fraction of sp³-hybridized carbons (Fsp3) is 0.333. The van der Waals surface area contributed by atoms with Gasteiger partial charge in [-0.1, -0.05) is 36.6 Å². The Labute approximate surface area is 175 Å². The van der Waals surface area contributed by atoms with Gasteiger partial charge in [0.1, 0.15) is 19.1 Å². The first-order valence-electron chi connectivity index (χ1n) is 7.54. The zero-order valence-corrected chi connectivity index (χ0v) is 19.2. The average Bonchev–Trinajstić information content (AvgIpc) is 3.14. The average molecular weight is 517 g/mol. The number of aliphatic imine (C=N–C) groups is 1. The van der Waals surface area contributed by atoms with Crippen LogP contribution in [0.25, 0.3) is 0 Å². The van der Waals surface area contributed by atoms with Crippen LogP contribution < -0.4 is 5.32 Å². The highest BCUT2D eigenvalue weighted by atomic mass is 79.9. The second kappa shape index (κ2) is 7.75. The maximum absolute atomic E-state index is 4.68. The van der Waals surface area contributed by atoms with Crippen molar-refractivity contribution in [3.63, 3.8) is 0 Å². The molecule has 0 atom stereocenters. The lowest BCUT2D eigenvalue weighted by atomic mass is 9.98. The molecule has 0 aliphatic carbocycles. The van der Waals surface area contributed by atoms with Crippen molar-refractivity contribution in [3.05, 3.63) is 36.9 Å². The number of rotatable bonds is 3. The molecule has 0 fully saturated rings. The zero-order chi connectivity index (χ0) is 18.9. The summed E-state index contributed by atoms with van der Waals surface area (Å²) in [5.74, 6) is 0.624. The molecular formula is C15H15Br2N7S2. The molecule has 7 nitrogen and oxygen atoms in total. The van der Waals surface area contributed by atoms with E-state index in [0.717, 1.165) is 21.3 Å². The van der Waals surface area contributed by atoms with Gasteiger partial charge in [-0.3, -0.25) is 0 Å². The molecule has 0 saturated carbocycles. The third kappa shape index (κ3) is 4.70. The van der Waals surface area contributed by atoms with E-state index >= 15 is 0 Å². The second-order valence-electron chi connectivity index (χ2n) is 6.41. The predicted molar refractivity (Wildman–Crippen MR) is 113 cm³/mol. The van der Waals surface area contributed by atoms with Gasteiger partial charge in [0, 0.05) is 11.1 Å². The number of hydrogen-bond donors (Lipinski definition) is 1. The van der Waals surface area contributed by atoms with Crippen LogP contribution in [0, 0.1) is 6.92 Å². The van der Waals surface area contributed by atoms with Crippen LogP contribution in [-0.2, 0) is 5.41 Å². The molecule has 3 aromatic heterocycles. The van der Waals surface area contributed by atoms with Gasteiger partial charge in [-0.05, 0) is 62.4 Å². The van der Waals surface area contributed by atoms with Crippen molar-refractivity contribution in [1.29, 1.82) is 0 Å². The fourth-order valence-corrected chi connectivity index (χ4v) is 4.41. The highest BCUT2D eigenvalue weighted by Crippen LogP contribution is 2.30. The number of aromatic nitrogens is 5. The third-order valence-corrected chi connectivity index (χ3v) is 6.05. The van der Waals surface area contributed by atoms with Crippen LogP contribution in [0.4, 0.5) is 10.8 Å². The molecule has 3 aromatic rings. The van der Waals surface area contributed by atoms with Crippen molar-refractivity contribution in [3.8, 4) is 0 Å². The summed E-state index contributed by atoms with van der Waals surface area (Å²) >= 11 is 9.54. The Bertz CT molecular complexity index is 939. The Morgan fingerprint density at radius 1 is 1.12 bits per heavy atom. The van der Waals surface area contributed by atoms with E-state index in [2.05, 4.69) is 87.7 Å². The summed E-state index contributed by atoms with van der Waals surface area (Å²) in [5, 5.41) is 17.4. The van der Waals surface area contributed by atoms with Crippen LogP contribution in [0.15, 0.2) is 26.3 Å². The number of nitrogens with one attached hydrogen (secondary N) is 1. The molecule has 0 bridgehead atoms. The highest BCUT2D eigenvalue weighted by molar-refractivity contribution is 9.11. The van der Waals surface area contributed by atoms with E-state index in [0.29, 0.717) is 20.2 Å². The summed E-state index contributed by atoms with van der Waals surface area (Å²) in [6.45, 7) is 8.20. The Balaban J connectivity index is 2.01. The minimum absolute atomic E-state index is 0.0676. The molecule has 0 saturated heterocycles. The molecule has 0 aliphatic rings. The molecule has 0 aromatic carbocycles. The van der Waals surface area contributed by atoms with Crippen molar-refractivity contribution in [2.45, 2.75) is 33.1 Å². The van der Waals surface area contributed by atoms with Gasteiger partial charge < -0.3 is 5.32 Å². The quantitative estimate of drug-likeness (QED) is 0.295. The van der Waals surface area contributed by atoms with E-state index in [1.807, 2.05) is 19.1 Å². The topological polar surface area (TPSA) is 88.8 Å². The summed E-state index contributed by atoms with van der Waals surface area (Å²) in [6, 6.07) is 3.73. The van der Waals surface area contributed by atoms with Gasteiger partial charge in [0.05, 0.1) is 5.69 Å². The smallest absolute Gasteiger partial charge is 0.233 e. The van der Waals surface area contributed by atoms with Gasteiger partial charge >= 0.3 is 0 Å². The SMILES string of the molecule is Cc1nnsc1/C(=N\c1nnc(C(C)(C)C)s1)Nc1cc(Br)nc(Br)c1. The monoisotopic (exact) mass is 515 g/mol. The summed E-state index contributed by atoms with van der Waals surface area (Å²) in [4.78, 5) is 9.78. The number of anilines is 1. The van der Waals surface area contributed by atoms with E-state index in [9.17, 15) is 0 Å². The van der Waals surface area contributed by atoms with Crippen molar-refractivity contribution >= 4 is 71.4 Å². The Kier molecular flexibility index (Phi) is 5.80.